The third kappa shape index (κ3) is 5.03. The van der Waals surface area contributed by atoms with Crippen molar-refractivity contribution in [1.82, 2.24) is 14.8 Å². The number of likely N-dealkylation sites (tertiary alicyclic amines) is 1. The van der Waals surface area contributed by atoms with Crippen LogP contribution in [0.3, 0.4) is 0 Å². The van der Waals surface area contributed by atoms with Crippen molar-refractivity contribution in [2.45, 2.75) is 32.1 Å². The second-order valence-corrected chi connectivity index (χ2v) is 6.92. The van der Waals surface area contributed by atoms with E-state index in [1.54, 1.807) is 19.3 Å². The van der Waals surface area contributed by atoms with E-state index in [1.165, 1.54) is 4.90 Å². The average Bonchev–Trinajstić information content (AvgIpc) is 3.12. The van der Waals surface area contributed by atoms with Gasteiger partial charge in [0.15, 0.2) is 5.82 Å². The number of pyridine rings is 1. The number of carbonyl (C=O) groups excluding carboxylic acids is 1. The van der Waals surface area contributed by atoms with Gasteiger partial charge in [-0.25, -0.2) is 9.18 Å². The van der Waals surface area contributed by atoms with Gasteiger partial charge in [-0.1, -0.05) is 12.1 Å². The van der Waals surface area contributed by atoms with E-state index < -0.39 is 29.3 Å². The highest BCUT2D eigenvalue weighted by Crippen LogP contribution is 2.34. The number of nitrogens with zero attached hydrogens (tertiary/aromatic N) is 3. The van der Waals surface area contributed by atoms with Gasteiger partial charge in [-0.3, -0.25) is 9.88 Å². The number of benzene rings is 1. The zero-order valence-corrected chi connectivity index (χ0v) is 15.9. The molecule has 2 aromatic rings. The summed E-state index contributed by atoms with van der Waals surface area (Å²) in [4.78, 5) is 20.4. The Labute approximate surface area is 166 Å². The number of hydrogen-bond acceptors (Lipinski definition) is 3. The highest BCUT2D eigenvalue weighted by Gasteiger charge is 2.36. The molecule has 2 heterocycles. The first-order chi connectivity index (χ1) is 13.8. The van der Waals surface area contributed by atoms with E-state index in [-0.39, 0.29) is 6.04 Å². The lowest BCUT2D eigenvalue weighted by Gasteiger charge is -2.28. The molecule has 1 unspecified atom stereocenters. The quantitative estimate of drug-likeness (QED) is 0.745. The summed E-state index contributed by atoms with van der Waals surface area (Å²) in [6, 6.07) is 5.96. The van der Waals surface area contributed by atoms with Crippen LogP contribution in [0.2, 0.25) is 0 Å². The Kier molecular flexibility index (Phi) is 6.36. The lowest BCUT2D eigenvalue weighted by molar-refractivity contribution is -0.139. The Bertz CT molecular complexity index is 844. The summed E-state index contributed by atoms with van der Waals surface area (Å²) in [5, 5.41) is 2.30. The number of carbonyl (C=O) groups is 1. The van der Waals surface area contributed by atoms with Crippen LogP contribution in [0.4, 0.5) is 28.0 Å². The van der Waals surface area contributed by atoms with E-state index in [4.69, 9.17) is 0 Å². The molecular formula is C20H22F4N4O. The molecule has 1 saturated heterocycles. The second kappa shape index (κ2) is 8.77. The van der Waals surface area contributed by atoms with E-state index in [2.05, 4.69) is 15.2 Å². The Morgan fingerprint density at radius 1 is 1.31 bits per heavy atom. The van der Waals surface area contributed by atoms with Crippen molar-refractivity contribution in [1.29, 1.82) is 0 Å². The SMILES string of the molecule is CCN(C(=O)Nc1cccc(C(F)(F)F)c1F)C1CCN(Cc2cccnc2)C1. The maximum Gasteiger partial charge on any atom is 0.419 e. The van der Waals surface area contributed by atoms with Crippen LogP contribution in [0.1, 0.15) is 24.5 Å². The number of urea groups is 1. The molecular weight excluding hydrogens is 388 g/mol. The summed E-state index contributed by atoms with van der Waals surface area (Å²) in [6.45, 7) is 4.25. The predicted molar refractivity (Wildman–Crippen MR) is 101 cm³/mol. The first kappa shape index (κ1) is 21.0. The van der Waals surface area contributed by atoms with Gasteiger partial charge in [-0.2, -0.15) is 13.2 Å². The molecule has 0 saturated carbocycles. The molecule has 1 fully saturated rings. The summed E-state index contributed by atoms with van der Waals surface area (Å²) in [5.74, 6) is -1.48. The molecule has 0 spiro atoms. The van der Waals surface area contributed by atoms with Crippen molar-refractivity contribution < 1.29 is 22.4 Å². The normalized spacial score (nSPS) is 17.3. The fourth-order valence-corrected chi connectivity index (χ4v) is 3.56. The first-order valence-electron chi connectivity index (χ1n) is 9.34. The molecule has 1 aliphatic rings. The van der Waals surface area contributed by atoms with Crippen LogP contribution in [0.5, 0.6) is 0 Å². The van der Waals surface area contributed by atoms with E-state index in [0.717, 1.165) is 30.7 Å². The van der Waals surface area contributed by atoms with Crippen LogP contribution in [0, 0.1) is 5.82 Å². The monoisotopic (exact) mass is 410 g/mol. The lowest BCUT2D eigenvalue weighted by Crippen LogP contribution is -2.44. The van der Waals surface area contributed by atoms with Crippen LogP contribution < -0.4 is 5.32 Å². The second-order valence-electron chi connectivity index (χ2n) is 6.92. The van der Waals surface area contributed by atoms with Crippen molar-refractivity contribution >= 4 is 11.7 Å². The minimum absolute atomic E-state index is 0.106. The number of anilines is 1. The van der Waals surface area contributed by atoms with Gasteiger partial charge in [-0.15, -0.1) is 0 Å². The van der Waals surface area contributed by atoms with Gasteiger partial charge < -0.3 is 10.2 Å². The van der Waals surface area contributed by atoms with Crippen molar-refractivity contribution in [3.63, 3.8) is 0 Å². The first-order valence-corrected chi connectivity index (χ1v) is 9.34. The average molecular weight is 410 g/mol. The molecule has 1 aromatic carbocycles. The highest BCUT2D eigenvalue weighted by molar-refractivity contribution is 5.89. The van der Waals surface area contributed by atoms with Crippen LogP contribution in [0.15, 0.2) is 42.7 Å². The van der Waals surface area contributed by atoms with E-state index in [9.17, 15) is 22.4 Å². The van der Waals surface area contributed by atoms with Gasteiger partial charge in [0.25, 0.3) is 0 Å². The zero-order valence-electron chi connectivity index (χ0n) is 15.9. The van der Waals surface area contributed by atoms with Gasteiger partial charge >= 0.3 is 12.2 Å². The number of halogens is 4. The number of nitrogens with one attached hydrogen (secondary N) is 1. The molecule has 29 heavy (non-hydrogen) atoms. The maximum absolute atomic E-state index is 14.2. The van der Waals surface area contributed by atoms with Crippen LogP contribution >= 0.6 is 0 Å². The predicted octanol–water partition coefficient (Wildman–Crippen LogP) is 4.37. The van der Waals surface area contributed by atoms with E-state index >= 15 is 0 Å². The molecule has 1 atom stereocenters. The molecule has 0 radical (unpaired) electrons. The summed E-state index contributed by atoms with van der Waals surface area (Å²) in [7, 11) is 0. The van der Waals surface area contributed by atoms with Gasteiger partial charge in [0, 0.05) is 44.6 Å². The molecule has 1 N–H and O–H groups in total. The topological polar surface area (TPSA) is 48.5 Å². The molecule has 5 nitrogen and oxygen atoms in total. The minimum Gasteiger partial charge on any atom is -0.320 e. The summed E-state index contributed by atoms with van der Waals surface area (Å²) < 4.78 is 52.9. The summed E-state index contributed by atoms with van der Waals surface area (Å²) >= 11 is 0. The molecule has 0 aliphatic carbocycles. The van der Waals surface area contributed by atoms with Crippen molar-refractivity contribution in [2.75, 3.05) is 25.0 Å². The molecule has 1 aliphatic heterocycles. The smallest absolute Gasteiger partial charge is 0.320 e. The van der Waals surface area contributed by atoms with Crippen molar-refractivity contribution in [3.05, 3.63) is 59.7 Å². The van der Waals surface area contributed by atoms with Gasteiger partial charge in [0.1, 0.15) is 0 Å². The number of aromatic nitrogens is 1. The maximum atomic E-state index is 14.2. The number of amides is 2. The Balaban J connectivity index is 1.66. The number of hydrogen-bond donors (Lipinski definition) is 1. The van der Waals surface area contributed by atoms with E-state index in [1.807, 2.05) is 12.1 Å². The molecule has 0 bridgehead atoms. The fraction of sp³-hybridized carbons (Fsp3) is 0.400. The lowest BCUT2D eigenvalue weighted by atomic mass is 10.1. The van der Waals surface area contributed by atoms with E-state index in [0.29, 0.717) is 25.7 Å². The van der Waals surface area contributed by atoms with Crippen molar-refractivity contribution in [3.8, 4) is 0 Å². The molecule has 2 amide bonds. The van der Waals surface area contributed by atoms with Crippen molar-refractivity contribution in [2.24, 2.45) is 0 Å². The van der Waals surface area contributed by atoms with Gasteiger partial charge in [0.05, 0.1) is 11.3 Å². The molecule has 1 aromatic heterocycles. The highest BCUT2D eigenvalue weighted by atomic mass is 19.4. The molecule has 156 valence electrons. The zero-order chi connectivity index (χ0) is 21.0. The Morgan fingerprint density at radius 2 is 2.10 bits per heavy atom. The molecule has 3 rings (SSSR count). The van der Waals surface area contributed by atoms with Gasteiger partial charge in [0.2, 0.25) is 0 Å². The number of alkyl halides is 3. The Morgan fingerprint density at radius 3 is 2.76 bits per heavy atom. The van der Waals surface area contributed by atoms with Crippen LogP contribution in [-0.4, -0.2) is 46.5 Å². The largest absolute Gasteiger partial charge is 0.419 e. The number of rotatable bonds is 5. The third-order valence-corrected chi connectivity index (χ3v) is 4.96. The Hall–Kier alpha value is -2.68. The van der Waals surface area contributed by atoms with Gasteiger partial charge in [-0.05, 0) is 37.1 Å². The third-order valence-electron chi connectivity index (χ3n) is 4.96. The minimum atomic E-state index is -4.83. The standard InChI is InChI=1S/C20H22F4N4O/c1-2-28(15-8-10-27(13-15)12-14-5-4-9-25-11-14)19(29)26-17-7-3-6-16(18(17)21)20(22,23)24/h3-7,9,11,15H,2,8,10,12-13H2,1H3,(H,26,29). The molecule has 9 heteroatoms. The number of likely N-dealkylation sites (N-methyl/N-ethyl adjacent to an activating group) is 1. The summed E-state index contributed by atoms with van der Waals surface area (Å²) in [5.41, 5.74) is -0.818. The fourth-order valence-electron chi connectivity index (χ4n) is 3.56. The van der Waals surface area contributed by atoms with Crippen LogP contribution in [-0.2, 0) is 12.7 Å². The van der Waals surface area contributed by atoms with Crippen LogP contribution in [0.25, 0.3) is 0 Å². The summed E-state index contributed by atoms with van der Waals surface area (Å²) in [6.07, 6.45) is -0.611.